The van der Waals surface area contributed by atoms with Gasteiger partial charge in [-0.1, -0.05) is 12.1 Å². The molecule has 2 aromatic rings. The van der Waals surface area contributed by atoms with E-state index in [0.717, 1.165) is 34.9 Å². The molecule has 0 bridgehead atoms. The van der Waals surface area contributed by atoms with E-state index in [2.05, 4.69) is 10.3 Å². The van der Waals surface area contributed by atoms with Crippen LogP contribution in [0.4, 0.5) is 0 Å². The van der Waals surface area contributed by atoms with Gasteiger partial charge >= 0.3 is 0 Å². The molecular weight excluding hydrogens is 256 g/mol. The van der Waals surface area contributed by atoms with Crippen molar-refractivity contribution in [3.05, 3.63) is 35.9 Å². The monoisotopic (exact) mass is 276 g/mol. The number of oxazole rings is 1. The summed E-state index contributed by atoms with van der Waals surface area (Å²) >= 11 is 0. The van der Waals surface area contributed by atoms with Crippen LogP contribution in [0, 0.1) is 6.92 Å². The van der Waals surface area contributed by atoms with Crippen LogP contribution in [0.5, 0.6) is 5.75 Å². The Morgan fingerprint density at radius 3 is 2.90 bits per heavy atom. The molecule has 0 radical (unpaired) electrons. The van der Waals surface area contributed by atoms with Gasteiger partial charge in [-0.05, 0) is 18.6 Å². The minimum Gasteiger partial charge on any atom is -0.496 e. The Bertz CT molecular complexity index is 552. The highest BCUT2D eigenvalue weighted by molar-refractivity contribution is 5.63. The summed E-state index contributed by atoms with van der Waals surface area (Å²) in [5.74, 6) is 1.62. The van der Waals surface area contributed by atoms with E-state index in [0.29, 0.717) is 13.2 Å². The van der Waals surface area contributed by atoms with Crippen LogP contribution in [0.25, 0.3) is 11.3 Å². The first-order valence-electron chi connectivity index (χ1n) is 6.53. The van der Waals surface area contributed by atoms with E-state index in [1.165, 1.54) is 6.39 Å². The zero-order valence-electron chi connectivity index (χ0n) is 12.1. The third kappa shape index (κ3) is 3.37. The van der Waals surface area contributed by atoms with Crippen LogP contribution in [0.1, 0.15) is 11.3 Å². The molecule has 0 atom stereocenters. The Morgan fingerprint density at radius 2 is 2.15 bits per heavy atom. The zero-order chi connectivity index (χ0) is 14.4. The summed E-state index contributed by atoms with van der Waals surface area (Å²) < 4.78 is 15.8. The lowest BCUT2D eigenvalue weighted by Crippen LogP contribution is -2.19. The standard InChI is InChI=1S/C15H20N2O3/c1-11-4-5-12(8-14(11)19-3)15-13(17-10-20-15)9-16-6-7-18-2/h4-5,8,10,16H,6-7,9H2,1-3H3. The van der Waals surface area contributed by atoms with Crippen LogP contribution in [0.15, 0.2) is 29.0 Å². The molecule has 5 nitrogen and oxygen atoms in total. The normalized spacial score (nSPS) is 10.8. The maximum atomic E-state index is 5.51. The third-order valence-corrected chi connectivity index (χ3v) is 3.09. The first kappa shape index (κ1) is 14.6. The predicted molar refractivity (Wildman–Crippen MR) is 76.8 cm³/mol. The molecule has 5 heteroatoms. The number of nitrogens with zero attached hydrogens (tertiary/aromatic N) is 1. The van der Waals surface area contributed by atoms with Gasteiger partial charge < -0.3 is 19.2 Å². The van der Waals surface area contributed by atoms with E-state index in [1.54, 1.807) is 14.2 Å². The molecule has 108 valence electrons. The fraction of sp³-hybridized carbons (Fsp3) is 0.400. The minimum atomic E-state index is 0.644. The number of nitrogens with one attached hydrogen (secondary N) is 1. The summed E-state index contributed by atoms with van der Waals surface area (Å²) in [7, 11) is 3.35. The van der Waals surface area contributed by atoms with Gasteiger partial charge in [-0.15, -0.1) is 0 Å². The van der Waals surface area contributed by atoms with Crippen LogP contribution in [0.2, 0.25) is 0 Å². The highest BCUT2D eigenvalue weighted by Crippen LogP contribution is 2.28. The van der Waals surface area contributed by atoms with Gasteiger partial charge in [-0.25, -0.2) is 4.98 Å². The quantitative estimate of drug-likeness (QED) is 0.787. The second-order valence-corrected chi connectivity index (χ2v) is 4.48. The van der Waals surface area contributed by atoms with Crippen molar-refractivity contribution < 1.29 is 13.9 Å². The molecule has 20 heavy (non-hydrogen) atoms. The molecule has 2 rings (SSSR count). The molecule has 0 aliphatic carbocycles. The summed E-state index contributed by atoms with van der Waals surface area (Å²) in [5.41, 5.74) is 2.94. The number of methoxy groups -OCH3 is 2. The Hall–Kier alpha value is -1.85. The van der Waals surface area contributed by atoms with E-state index < -0.39 is 0 Å². The number of hydrogen-bond donors (Lipinski definition) is 1. The first-order chi connectivity index (χ1) is 9.76. The Labute approximate surface area is 118 Å². The maximum absolute atomic E-state index is 5.51. The van der Waals surface area contributed by atoms with Gasteiger partial charge in [-0.2, -0.15) is 0 Å². The Morgan fingerprint density at radius 1 is 1.30 bits per heavy atom. The molecule has 1 N–H and O–H groups in total. The summed E-state index contributed by atoms with van der Waals surface area (Å²) in [6, 6.07) is 5.99. The highest BCUT2D eigenvalue weighted by Gasteiger charge is 2.12. The van der Waals surface area contributed by atoms with Gasteiger partial charge in [0.25, 0.3) is 0 Å². The maximum Gasteiger partial charge on any atom is 0.181 e. The topological polar surface area (TPSA) is 56.5 Å². The molecule has 0 unspecified atom stereocenters. The summed E-state index contributed by atoms with van der Waals surface area (Å²) in [4.78, 5) is 4.26. The van der Waals surface area contributed by atoms with Crippen molar-refractivity contribution in [2.24, 2.45) is 0 Å². The lowest BCUT2D eigenvalue weighted by atomic mass is 10.1. The summed E-state index contributed by atoms with van der Waals surface area (Å²) in [5, 5.41) is 3.26. The van der Waals surface area contributed by atoms with E-state index in [1.807, 2.05) is 25.1 Å². The van der Waals surface area contributed by atoms with E-state index >= 15 is 0 Å². The second-order valence-electron chi connectivity index (χ2n) is 4.48. The number of benzene rings is 1. The zero-order valence-corrected chi connectivity index (χ0v) is 12.1. The van der Waals surface area contributed by atoms with Gasteiger partial charge in [-0.3, -0.25) is 0 Å². The van der Waals surface area contributed by atoms with Crippen LogP contribution < -0.4 is 10.1 Å². The third-order valence-electron chi connectivity index (χ3n) is 3.09. The van der Waals surface area contributed by atoms with Crippen molar-refractivity contribution in [3.63, 3.8) is 0 Å². The molecule has 0 amide bonds. The van der Waals surface area contributed by atoms with Crippen LogP contribution in [-0.2, 0) is 11.3 Å². The number of rotatable bonds is 7. The van der Waals surface area contributed by atoms with Gasteiger partial charge in [0.05, 0.1) is 13.7 Å². The van der Waals surface area contributed by atoms with Crippen LogP contribution in [0.3, 0.4) is 0 Å². The molecule has 0 aliphatic rings. The largest absolute Gasteiger partial charge is 0.496 e. The molecule has 1 aromatic carbocycles. The number of hydrogen-bond acceptors (Lipinski definition) is 5. The van der Waals surface area contributed by atoms with Crippen molar-refractivity contribution in [2.45, 2.75) is 13.5 Å². The molecule has 0 spiro atoms. The fourth-order valence-corrected chi connectivity index (χ4v) is 1.97. The van der Waals surface area contributed by atoms with Gasteiger partial charge in [0.1, 0.15) is 11.4 Å². The summed E-state index contributed by atoms with van der Waals surface area (Å²) in [6.45, 7) is 4.10. The lowest BCUT2D eigenvalue weighted by molar-refractivity contribution is 0.199. The molecule has 1 heterocycles. The van der Waals surface area contributed by atoms with Crippen LogP contribution in [-0.4, -0.2) is 32.4 Å². The van der Waals surface area contributed by atoms with E-state index in [9.17, 15) is 0 Å². The Kier molecular flexibility index (Phi) is 5.15. The number of aryl methyl sites for hydroxylation is 1. The first-order valence-corrected chi connectivity index (χ1v) is 6.53. The highest BCUT2D eigenvalue weighted by atomic mass is 16.5. The van der Waals surface area contributed by atoms with Gasteiger partial charge in [0.2, 0.25) is 0 Å². The number of aromatic nitrogens is 1. The average Bonchev–Trinajstić information content (AvgIpc) is 2.92. The molecule has 0 fully saturated rings. The smallest absolute Gasteiger partial charge is 0.181 e. The molecule has 1 aromatic heterocycles. The minimum absolute atomic E-state index is 0.644. The average molecular weight is 276 g/mol. The van der Waals surface area contributed by atoms with E-state index in [-0.39, 0.29) is 0 Å². The van der Waals surface area contributed by atoms with Crippen molar-refractivity contribution >= 4 is 0 Å². The van der Waals surface area contributed by atoms with E-state index in [4.69, 9.17) is 13.9 Å². The predicted octanol–water partition coefficient (Wildman–Crippen LogP) is 2.39. The summed E-state index contributed by atoms with van der Waals surface area (Å²) in [6.07, 6.45) is 1.47. The van der Waals surface area contributed by atoms with Crippen LogP contribution >= 0.6 is 0 Å². The Balaban J connectivity index is 2.14. The van der Waals surface area contributed by atoms with Crippen molar-refractivity contribution in [3.8, 4) is 17.1 Å². The molecule has 0 aliphatic heterocycles. The molecule has 0 saturated carbocycles. The van der Waals surface area contributed by atoms with Gasteiger partial charge in [0.15, 0.2) is 12.2 Å². The van der Waals surface area contributed by atoms with Gasteiger partial charge in [0, 0.05) is 25.8 Å². The van der Waals surface area contributed by atoms with Crippen molar-refractivity contribution in [1.82, 2.24) is 10.3 Å². The van der Waals surface area contributed by atoms with Crippen molar-refractivity contribution in [2.75, 3.05) is 27.4 Å². The second kappa shape index (κ2) is 7.07. The fourth-order valence-electron chi connectivity index (χ4n) is 1.97. The lowest BCUT2D eigenvalue weighted by Gasteiger charge is -2.07. The SMILES string of the molecule is COCCNCc1ncoc1-c1ccc(C)c(OC)c1. The molecule has 0 saturated heterocycles. The number of ether oxygens (including phenoxy) is 2. The van der Waals surface area contributed by atoms with Crippen molar-refractivity contribution in [1.29, 1.82) is 0 Å². The molecular formula is C15H20N2O3.